The zero-order valence-corrected chi connectivity index (χ0v) is 12.3. The van der Waals surface area contributed by atoms with Gasteiger partial charge >= 0.3 is 0 Å². The van der Waals surface area contributed by atoms with Gasteiger partial charge in [0.25, 0.3) is 0 Å². The largest absolute Gasteiger partial charge is 0.497 e. The molecular formula is C15H22N4O. The molecule has 2 rings (SSSR count). The Balaban J connectivity index is 1.88. The monoisotopic (exact) mass is 274 g/mol. The number of rotatable bonds is 7. The first-order valence-electron chi connectivity index (χ1n) is 6.94. The van der Waals surface area contributed by atoms with Gasteiger partial charge in [0.1, 0.15) is 12.1 Å². The fourth-order valence-corrected chi connectivity index (χ4v) is 2.19. The molecule has 2 aromatic rings. The summed E-state index contributed by atoms with van der Waals surface area (Å²) >= 11 is 0. The van der Waals surface area contributed by atoms with Crippen LogP contribution in [0.5, 0.6) is 5.75 Å². The van der Waals surface area contributed by atoms with E-state index in [1.165, 1.54) is 5.56 Å². The second-order valence-electron chi connectivity index (χ2n) is 4.77. The van der Waals surface area contributed by atoms with E-state index in [1.54, 1.807) is 18.1 Å². The number of nitrogens with zero attached hydrogens (tertiary/aromatic N) is 3. The number of hydrogen-bond acceptors (Lipinski definition) is 4. The molecule has 0 aliphatic carbocycles. The summed E-state index contributed by atoms with van der Waals surface area (Å²) in [5.74, 6) is 1.77. The van der Waals surface area contributed by atoms with Crippen LogP contribution in [0.2, 0.25) is 0 Å². The number of hydrogen-bond donors (Lipinski definition) is 1. The molecule has 0 saturated heterocycles. The number of ether oxygens (including phenoxy) is 1. The van der Waals surface area contributed by atoms with Gasteiger partial charge in [-0.1, -0.05) is 19.1 Å². The fraction of sp³-hybridized carbons (Fsp3) is 0.467. The van der Waals surface area contributed by atoms with E-state index in [0.29, 0.717) is 6.04 Å². The van der Waals surface area contributed by atoms with Crippen molar-refractivity contribution in [2.75, 3.05) is 13.7 Å². The average Bonchev–Trinajstić information content (AvgIpc) is 2.89. The molecule has 1 atom stereocenters. The highest BCUT2D eigenvalue weighted by molar-refractivity contribution is 5.29. The molecule has 0 fully saturated rings. The fourth-order valence-electron chi connectivity index (χ4n) is 2.19. The van der Waals surface area contributed by atoms with Gasteiger partial charge in [-0.05, 0) is 24.1 Å². The Bertz CT molecular complexity index is 521. The van der Waals surface area contributed by atoms with E-state index in [0.717, 1.165) is 31.0 Å². The minimum Gasteiger partial charge on any atom is -0.497 e. The van der Waals surface area contributed by atoms with Crippen LogP contribution in [0, 0.1) is 0 Å². The molecule has 0 aliphatic rings. The SMILES string of the molecule is CCC(NCCc1ncn(C)n1)c1ccc(OC)cc1. The highest BCUT2D eigenvalue weighted by Crippen LogP contribution is 2.19. The molecule has 1 aromatic carbocycles. The Morgan fingerprint density at radius 3 is 2.60 bits per heavy atom. The van der Waals surface area contributed by atoms with Crippen LogP contribution < -0.4 is 10.1 Å². The first-order chi connectivity index (χ1) is 9.72. The van der Waals surface area contributed by atoms with Crippen LogP contribution in [0.3, 0.4) is 0 Å². The van der Waals surface area contributed by atoms with E-state index < -0.39 is 0 Å². The molecule has 0 amide bonds. The minimum absolute atomic E-state index is 0.351. The van der Waals surface area contributed by atoms with E-state index >= 15 is 0 Å². The maximum atomic E-state index is 5.18. The standard InChI is InChI=1S/C15H22N4O/c1-4-14(12-5-7-13(20-3)8-6-12)16-10-9-15-17-11-19(2)18-15/h5-8,11,14,16H,4,9-10H2,1-3H3. The average molecular weight is 274 g/mol. The van der Waals surface area contributed by atoms with Crippen LogP contribution in [-0.4, -0.2) is 28.4 Å². The maximum Gasteiger partial charge on any atom is 0.151 e. The van der Waals surface area contributed by atoms with Crippen LogP contribution in [0.1, 0.15) is 30.8 Å². The van der Waals surface area contributed by atoms with Crippen molar-refractivity contribution < 1.29 is 4.74 Å². The summed E-state index contributed by atoms with van der Waals surface area (Å²) in [5, 5.41) is 7.83. The lowest BCUT2D eigenvalue weighted by atomic mass is 10.0. The maximum absolute atomic E-state index is 5.18. The summed E-state index contributed by atoms with van der Waals surface area (Å²) < 4.78 is 6.92. The Labute approximate surface area is 120 Å². The molecule has 5 heteroatoms. The highest BCUT2D eigenvalue weighted by Gasteiger charge is 2.09. The van der Waals surface area contributed by atoms with Crippen LogP contribution in [-0.2, 0) is 13.5 Å². The van der Waals surface area contributed by atoms with Crippen LogP contribution in [0.4, 0.5) is 0 Å². The lowest BCUT2D eigenvalue weighted by Crippen LogP contribution is -2.23. The highest BCUT2D eigenvalue weighted by atomic mass is 16.5. The first kappa shape index (κ1) is 14.5. The van der Waals surface area contributed by atoms with Gasteiger partial charge in [-0.15, -0.1) is 0 Å². The minimum atomic E-state index is 0.351. The molecule has 1 N–H and O–H groups in total. The van der Waals surface area contributed by atoms with Gasteiger partial charge in [-0.25, -0.2) is 4.98 Å². The summed E-state index contributed by atoms with van der Waals surface area (Å²) in [6.45, 7) is 3.05. The lowest BCUT2D eigenvalue weighted by Gasteiger charge is -2.17. The molecule has 0 radical (unpaired) electrons. The van der Waals surface area contributed by atoms with Crippen molar-refractivity contribution in [3.8, 4) is 5.75 Å². The second-order valence-corrected chi connectivity index (χ2v) is 4.77. The van der Waals surface area contributed by atoms with Crippen molar-refractivity contribution in [1.82, 2.24) is 20.1 Å². The molecule has 0 spiro atoms. The Morgan fingerprint density at radius 2 is 2.05 bits per heavy atom. The van der Waals surface area contributed by atoms with Crippen molar-refractivity contribution in [1.29, 1.82) is 0 Å². The van der Waals surface area contributed by atoms with E-state index in [2.05, 4.69) is 34.5 Å². The molecule has 0 aliphatic heterocycles. The van der Waals surface area contributed by atoms with Gasteiger partial charge in [-0.2, -0.15) is 5.10 Å². The molecular weight excluding hydrogens is 252 g/mol. The number of nitrogens with one attached hydrogen (secondary N) is 1. The number of aryl methyl sites for hydroxylation is 1. The van der Waals surface area contributed by atoms with E-state index in [9.17, 15) is 0 Å². The third-order valence-corrected chi connectivity index (χ3v) is 3.31. The third kappa shape index (κ3) is 3.81. The normalized spacial score (nSPS) is 12.3. The van der Waals surface area contributed by atoms with Gasteiger partial charge in [0.05, 0.1) is 7.11 Å². The molecule has 1 heterocycles. The van der Waals surface area contributed by atoms with Gasteiger partial charge in [0.15, 0.2) is 5.82 Å². The van der Waals surface area contributed by atoms with Gasteiger partial charge in [0, 0.05) is 26.1 Å². The second kappa shape index (κ2) is 7.05. The van der Waals surface area contributed by atoms with Crippen molar-refractivity contribution >= 4 is 0 Å². The van der Waals surface area contributed by atoms with E-state index in [-0.39, 0.29) is 0 Å². The molecule has 1 unspecified atom stereocenters. The molecule has 20 heavy (non-hydrogen) atoms. The molecule has 0 bridgehead atoms. The van der Waals surface area contributed by atoms with Crippen molar-refractivity contribution in [3.05, 3.63) is 42.0 Å². The Kier molecular flexibility index (Phi) is 5.12. The smallest absolute Gasteiger partial charge is 0.151 e. The Morgan fingerprint density at radius 1 is 1.30 bits per heavy atom. The quantitative estimate of drug-likeness (QED) is 0.840. The summed E-state index contributed by atoms with van der Waals surface area (Å²) in [7, 11) is 3.57. The van der Waals surface area contributed by atoms with E-state index in [1.807, 2.05) is 19.2 Å². The van der Waals surface area contributed by atoms with Crippen molar-refractivity contribution in [2.45, 2.75) is 25.8 Å². The van der Waals surface area contributed by atoms with Gasteiger partial charge in [-0.3, -0.25) is 4.68 Å². The number of methoxy groups -OCH3 is 1. The predicted molar refractivity (Wildman–Crippen MR) is 78.7 cm³/mol. The first-order valence-corrected chi connectivity index (χ1v) is 6.94. The zero-order valence-electron chi connectivity index (χ0n) is 12.3. The Hall–Kier alpha value is -1.88. The number of benzene rings is 1. The van der Waals surface area contributed by atoms with Crippen LogP contribution in [0.25, 0.3) is 0 Å². The topological polar surface area (TPSA) is 52.0 Å². The van der Waals surface area contributed by atoms with Crippen LogP contribution >= 0.6 is 0 Å². The third-order valence-electron chi connectivity index (χ3n) is 3.31. The van der Waals surface area contributed by atoms with Crippen molar-refractivity contribution in [2.24, 2.45) is 7.05 Å². The summed E-state index contributed by atoms with van der Waals surface area (Å²) in [6, 6.07) is 8.57. The summed E-state index contributed by atoms with van der Waals surface area (Å²) in [4.78, 5) is 4.23. The van der Waals surface area contributed by atoms with Gasteiger partial charge < -0.3 is 10.1 Å². The predicted octanol–water partition coefficient (Wildman–Crippen LogP) is 2.11. The van der Waals surface area contributed by atoms with Crippen LogP contribution in [0.15, 0.2) is 30.6 Å². The zero-order chi connectivity index (χ0) is 14.4. The lowest BCUT2D eigenvalue weighted by molar-refractivity contribution is 0.414. The summed E-state index contributed by atoms with van der Waals surface area (Å²) in [5.41, 5.74) is 1.28. The molecule has 108 valence electrons. The number of aromatic nitrogens is 3. The van der Waals surface area contributed by atoms with E-state index in [4.69, 9.17) is 4.74 Å². The molecule has 5 nitrogen and oxygen atoms in total. The summed E-state index contributed by atoms with van der Waals surface area (Å²) in [6.07, 6.45) is 3.62. The molecule has 0 saturated carbocycles. The molecule has 1 aromatic heterocycles. The van der Waals surface area contributed by atoms with Gasteiger partial charge in [0.2, 0.25) is 0 Å². The van der Waals surface area contributed by atoms with Crippen molar-refractivity contribution in [3.63, 3.8) is 0 Å².